The van der Waals surface area contributed by atoms with E-state index < -0.39 is 22.9 Å². The van der Waals surface area contributed by atoms with Crippen molar-refractivity contribution < 1.29 is 23.8 Å². The van der Waals surface area contributed by atoms with Crippen molar-refractivity contribution >= 4 is 35.0 Å². The second-order valence-corrected chi connectivity index (χ2v) is 7.31. The number of carbonyl (C=O) groups excluding carboxylic acids is 1. The Kier molecular flexibility index (Phi) is 6.77. The average Bonchev–Trinajstić information content (AvgIpc) is 3.05. The Morgan fingerprint density at radius 2 is 2.20 bits per heavy atom. The highest BCUT2D eigenvalue weighted by molar-refractivity contribution is 8.15. The zero-order chi connectivity index (χ0) is 21.5. The number of rotatable bonds is 7. The van der Waals surface area contributed by atoms with Crippen LogP contribution >= 0.6 is 11.8 Å². The van der Waals surface area contributed by atoms with E-state index in [1.807, 2.05) is 6.07 Å². The summed E-state index contributed by atoms with van der Waals surface area (Å²) < 4.78 is 19.5. The Morgan fingerprint density at radius 3 is 2.93 bits per heavy atom. The van der Waals surface area contributed by atoms with E-state index in [-0.39, 0.29) is 23.8 Å². The quantitative estimate of drug-likeness (QED) is 0.518. The molecule has 1 fully saturated rings. The molecule has 8 nitrogen and oxygen atoms in total. The minimum absolute atomic E-state index is 0.00588. The van der Waals surface area contributed by atoms with E-state index >= 15 is 0 Å². The van der Waals surface area contributed by atoms with Gasteiger partial charge < -0.3 is 15.2 Å². The number of benzene rings is 2. The van der Waals surface area contributed by atoms with Gasteiger partial charge in [-0.05, 0) is 29.8 Å². The standard InChI is InChI=1S/C20H15FN4O4S/c21-16-7-12(9-22)4-5-14(16)11-29-15-3-1-2-13(6-15)10-23-25-20-24-19(28)17(30-20)8-18(26)27/h1-7,10,17H,8,11H2,(H,26,27)(H,24,25,28). The van der Waals surface area contributed by atoms with Crippen molar-refractivity contribution in [3.8, 4) is 11.8 Å². The van der Waals surface area contributed by atoms with E-state index in [1.165, 1.54) is 18.3 Å². The molecule has 1 unspecified atom stereocenters. The van der Waals surface area contributed by atoms with Crippen LogP contribution in [-0.2, 0) is 16.2 Å². The Balaban J connectivity index is 1.60. The Hall–Kier alpha value is -3.71. The van der Waals surface area contributed by atoms with Gasteiger partial charge >= 0.3 is 5.97 Å². The first-order chi connectivity index (χ1) is 14.4. The molecule has 0 radical (unpaired) electrons. The maximum atomic E-state index is 13.9. The lowest BCUT2D eigenvalue weighted by Gasteiger charge is -2.08. The van der Waals surface area contributed by atoms with E-state index in [0.29, 0.717) is 16.9 Å². The number of carboxylic acid groups (broad SMARTS) is 1. The molecule has 0 aliphatic carbocycles. The Morgan fingerprint density at radius 1 is 1.37 bits per heavy atom. The summed E-state index contributed by atoms with van der Waals surface area (Å²) in [5.41, 5.74) is 1.22. The Bertz CT molecular complexity index is 1080. The van der Waals surface area contributed by atoms with Crippen LogP contribution < -0.4 is 10.1 Å². The summed E-state index contributed by atoms with van der Waals surface area (Å²) in [6, 6.07) is 12.9. The molecule has 1 saturated heterocycles. The van der Waals surface area contributed by atoms with Crippen LogP contribution in [0.5, 0.6) is 5.75 Å². The molecule has 1 atom stereocenters. The van der Waals surface area contributed by atoms with Crippen LogP contribution in [0.3, 0.4) is 0 Å². The van der Waals surface area contributed by atoms with Gasteiger partial charge in [-0.15, -0.1) is 5.10 Å². The number of hydrogen-bond donors (Lipinski definition) is 2. The number of carboxylic acids is 1. The van der Waals surface area contributed by atoms with Crippen LogP contribution in [-0.4, -0.2) is 33.6 Å². The molecule has 0 spiro atoms. The highest BCUT2D eigenvalue weighted by atomic mass is 32.2. The predicted molar refractivity (Wildman–Crippen MR) is 109 cm³/mol. The number of hydrogen-bond acceptors (Lipinski definition) is 7. The summed E-state index contributed by atoms with van der Waals surface area (Å²) in [6.07, 6.45) is 1.15. The predicted octanol–water partition coefficient (Wildman–Crippen LogP) is 2.67. The fourth-order valence-electron chi connectivity index (χ4n) is 2.47. The molecule has 10 heteroatoms. The van der Waals surface area contributed by atoms with E-state index in [2.05, 4.69) is 15.5 Å². The van der Waals surface area contributed by atoms with Crippen molar-refractivity contribution in [2.75, 3.05) is 0 Å². The summed E-state index contributed by atoms with van der Waals surface area (Å²) in [5.74, 6) is -1.51. The lowest BCUT2D eigenvalue weighted by molar-refractivity contribution is -0.138. The molecule has 1 amide bonds. The van der Waals surface area contributed by atoms with Gasteiger partial charge in [-0.25, -0.2) is 4.39 Å². The molecule has 2 aromatic rings. The summed E-state index contributed by atoms with van der Waals surface area (Å²) >= 11 is 1.01. The van der Waals surface area contributed by atoms with Gasteiger partial charge in [0.25, 0.3) is 0 Å². The molecule has 2 N–H and O–H groups in total. The summed E-state index contributed by atoms with van der Waals surface area (Å²) in [4.78, 5) is 22.4. The second kappa shape index (κ2) is 9.67. The first kappa shape index (κ1) is 21.0. The summed E-state index contributed by atoms with van der Waals surface area (Å²) in [7, 11) is 0. The van der Waals surface area contributed by atoms with E-state index in [1.54, 1.807) is 24.3 Å². The van der Waals surface area contributed by atoms with Crippen molar-refractivity contribution in [2.45, 2.75) is 18.3 Å². The molecular weight excluding hydrogens is 411 g/mol. The lowest BCUT2D eigenvalue weighted by atomic mass is 10.1. The zero-order valence-corrected chi connectivity index (χ0v) is 16.2. The SMILES string of the molecule is N#Cc1ccc(COc2cccc(C=NN=C3NC(=O)C(CC(=O)O)S3)c2)c(F)c1. The average molecular weight is 426 g/mol. The second-order valence-electron chi connectivity index (χ2n) is 6.12. The molecule has 1 aliphatic rings. The third-order valence-electron chi connectivity index (χ3n) is 3.93. The zero-order valence-electron chi connectivity index (χ0n) is 15.4. The lowest BCUT2D eigenvalue weighted by Crippen LogP contribution is -2.26. The van der Waals surface area contributed by atoms with E-state index in [9.17, 15) is 14.0 Å². The normalized spacial score (nSPS) is 17.1. The number of thioether (sulfide) groups is 1. The number of amidine groups is 1. The number of carbonyl (C=O) groups is 2. The van der Waals surface area contributed by atoms with Crippen molar-refractivity contribution in [2.24, 2.45) is 10.2 Å². The smallest absolute Gasteiger partial charge is 0.305 e. The van der Waals surface area contributed by atoms with Gasteiger partial charge in [-0.1, -0.05) is 30.0 Å². The van der Waals surface area contributed by atoms with Gasteiger partial charge in [-0.2, -0.15) is 10.4 Å². The van der Waals surface area contributed by atoms with Crippen LogP contribution in [0.4, 0.5) is 4.39 Å². The number of amides is 1. The summed E-state index contributed by atoms with van der Waals surface area (Å²) in [6.45, 7) is -0.00588. The van der Waals surface area contributed by atoms with Gasteiger partial charge in [0, 0.05) is 5.56 Å². The van der Waals surface area contributed by atoms with Crippen LogP contribution in [0.25, 0.3) is 0 Å². The van der Waals surface area contributed by atoms with Crippen LogP contribution in [0.1, 0.15) is 23.1 Å². The van der Waals surface area contributed by atoms with Crippen LogP contribution in [0, 0.1) is 17.1 Å². The minimum Gasteiger partial charge on any atom is -0.489 e. The van der Waals surface area contributed by atoms with Crippen molar-refractivity contribution in [1.29, 1.82) is 5.26 Å². The molecule has 0 saturated carbocycles. The number of halogens is 1. The number of nitrogens with zero attached hydrogens (tertiary/aromatic N) is 3. The van der Waals surface area contributed by atoms with Gasteiger partial charge in [-0.3, -0.25) is 9.59 Å². The fraction of sp³-hybridized carbons (Fsp3) is 0.150. The maximum Gasteiger partial charge on any atom is 0.305 e. The highest BCUT2D eigenvalue weighted by Crippen LogP contribution is 2.22. The molecule has 1 heterocycles. The van der Waals surface area contributed by atoms with Gasteiger partial charge in [0.05, 0.1) is 24.3 Å². The molecule has 0 bridgehead atoms. The third kappa shape index (κ3) is 5.65. The highest BCUT2D eigenvalue weighted by Gasteiger charge is 2.32. The first-order valence-corrected chi connectivity index (χ1v) is 9.54. The van der Waals surface area contributed by atoms with Crippen LogP contribution in [0.15, 0.2) is 52.7 Å². The topological polar surface area (TPSA) is 124 Å². The molecule has 1 aliphatic heterocycles. The van der Waals surface area contributed by atoms with Crippen molar-refractivity contribution in [1.82, 2.24) is 5.32 Å². The number of ether oxygens (including phenoxy) is 1. The number of aliphatic carboxylic acids is 1. The number of nitrogens with one attached hydrogen (secondary N) is 1. The Labute approximate surface area is 175 Å². The van der Waals surface area contributed by atoms with Gasteiger partial charge in [0.1, 0.15) is 23.4 Å². The van der Waals surface area contributed by atoms with Crippen molar-refractivity contribution in [3.05, 3.63) is 65.0 Å². The first-order valence-electron chi connectivity index (χ1n) is 8.66. The number of nitriles is 1. The molecule has 30 heavy (non-hydrogen) atoms. The molecule has 2 aromatic carbocycles. The molecular formula is C20H15FN4O4S. The van der Waals surface area contributed by atoms with E-state index in [0.717, 1.165) is 17.8 Å². The van der Waals surface area contributed by atoms with Crippen LogP contribution in [0.2, 0.25) is 0 Å². The molecule has 3 rings (SSSR count). The minimum atomic E-state index is -1.06. The van der Waals surface area contributed by atoms with E-state index in [4.69, 9.17) is 15.1 Å². The summed E-state index contributed by atoms with van der Waals surface area (Å²) in [5, 5.41) is 27.3. The largest absolute Gasteiger partial charge is 0.489 e. The third-order valence-corrected chi connectivity index (χ3v) is 5.00. The van der Waals surface area contributed by atoms with Gasteiger partial charge in [0.2, 0.25) is 5.91 Å². The fourth-order valence-corrected chi connectivity index (χ4v) is 3.39. The molecule has 152 valence electrons. The van der Waals surface area contributed by atoms with Crippen molar-refractivity contribution in [3.63, 3.8) is 0 Å². The monoisotopic (exact) mass is 426 g/mol. The molecule has 0 aromatic heterocycles. The maximum absolute atomic E-state index is 13.9. The van der Waals surface area contributed by atoms with Gasteiger partial charge in [0.15, 0.2) is 5.17 Å².